The van der Waals surface area contributed by atoms with Gasteiger partial charge in [0.15, 0.2) is 11.6 Å². The number of carbonyl (C=O) groups excluding carboxylic acids is 3. The Balaban J connectivity index is 1.18. The third-order valence-corrected chi connectivity index (χ3v) is 9.40. The molecule has 2 aromatic heterocycles. The van der Waals surface area contributed by atoms with Crippen LogP contribution < -0.4 is 25.4 Å². The number of hydrogen-bond acceptors (Lipinski definition) is 9. The lowest BCUT2D eigenvalue weighted by Gasteiger charge is -2.35. The number of aromatic amines is 1. The zero-order chi connectivity index (χ0) is 36.0. The highest BCUT2D eigenvalue weighted by Gasteiger charge is 2.40. The number of benzene rings is 3. The van der Waals surface area contributed by atoms with E-state index in [2.05, 4.69) is 34.1 Å². The Labute approximate surface area is 292 Å². The van der Waals surface area contributed by atoms with E-state index in [0.29, 0.717) is 39.7 Å². The fraction of sp³-hybridized carbons (Fsp3) is 0.297. The minimum atomic E-state index is -1.07. The molecule has 2 fully saturated rings. The number of aliphatic hydroxyl groups is 1. The summed E-state index contributed by atoms with van der Waals surface area (Å²) in [5, 5.41) is 17.2. The largest absolute Gasteiger partial charge is 0.488 e. The van der Waals surface area contributed by atoms with Gasteiger partial charge in [0.05, 0.1) is 35.4 Å². The molecule has 51 heavy (non-hydrogen) atoms. The van der Waals surface area contributed by atoms with Crippen LogP contribution in [-0.2, 0) is 4.79 Å². The first-order valence-electron chi connectivity index (χ1n) is 16.8. The number of likely N-dealkylation sites (tertiary alicyclic amines) is 1. The molecule has 1 atom stereocenters. The third-order valence-electron chi connectivity index (χ3n) is 9.40. The molecule has 7 rings (SSSR count). The van der Waals surface area contributed by atoms with E-state index in [1.54, 1.807) is 55.5 Å². The maximum absolute atomic E-state index is 14.2. The van der Waals surface area contributed by atoms with Crippen LogP contribution >= 0.6 is 0 Å². The van der Waals surface area contributed by atoms with Crippen molar-refractivity contribution in [1.29, 1.82) is 0 Å². The summed E-state index contributed by atoms with van der Waals surface area (Å²) >= 11 is 0. The Hall–Kier alpha value is -5.73. The number of carbonyl (C=O) groups is 3. The van der Waals surface area contributed by atoms with Gasteiger partial charge in [0, 0.05) is 30.0 Å². The van der Waals surface area contributed by atoms with E-state index >= 15 is 0 Å². The van der Waals surface area contributed by atoms with E-state index in [1.807, 2.05) is 0 Å². The number of nitrogens with one attached hydrogen (secondary N) is 2. The molecule has 14 heteroatoms. The first-order chi connectivity index (χ1) is 24.5. The van der Waals surface area contributed by atoms with Crippen molar-refractivity contribution in [2.24, 2.45) is 0 Å². The maximum atomic E-state index is 14.2. The van der Waals surface area contributed by atoms with Crippen molar-refractivity contribution in [2.45, 2.75) is 51.8 Å². The minimum absolute atomic E-state index is 0.0978. The number of hydrogen-bond donors (Lipinski definition) is 4. The predicted octanol–water partition coefficient (Wildman–Crippen LogP) is 5.08. The van der Waals surface area contributed by atoms with Crippen LogP contribution in [0.2, 0.25) is 0 Å². The highest BCUT2D eigenvalue weighted by molar-refractivity contribution is 6.23. The van der Waals surface area contributed by atoms with Gasteiger partial charge < -0.3 is 35.5 Å². The summed E-state index contributed by atoms with van der Waals surface area (Å²) < 4.78 is 27.8. The van der Waals surface area contributed by atoms with Crippen LogP contribution in [0.5, 0.6) is 17.2 Å². The molecular formula is C37H38FN7O6. The first kappa shape index (κ1) is 33.8. The fourth-order valence-corrected chi connectivity index (χ4v) is 6.52. The molecule has 5 aromatic rings. The van der Waals surface area contributed by atoms with E-state index < -0.39 is 36.2 Å². The van der Waals surface area contributed by atoms with E-state index in [1.165, 1.54) is 23.0 Å². The number of nitrogen functional groups attached to an aromatic ring is 1. The summed E-state index contributed by atoms with van der Waals surface area (Å²) in [6, 6.07) is 14.9. The van der Waals surface area contributed by atoms with Crippen LogP contribution in [0.1, 0.15) is 48.3 Å². The quantitative estimate of drug-likeness (QED) is 0.115. The molecule has 2 aliphatic rings. The van der Waals surface area contributed by atoms with Gasteiger partial charge in [-0.3, -0.25) is 9.59 Å². The van der Waals surface area contributed by atoms with Gasteiger partial charge in [-0.15, -0.1) is 0 Å². The van der Waals surface area contributed by atoms with Crippen molar-refractivity contribution < 1.29 is 33.4 Å². The Morgan fingerprint density at radius 3 is 2.51 bits per heavy atom. The summed E-state index contributed by atoms with van der Waals surface area (Å²) in [5.41, 5.74) is 8.79. The second kappa shape index (κ2) is 13.5. The van der Waals surface area contributed by atoms with Crippen LogP contribution in [-0.4, -0.2) is 80.4 Å². The predicted molar refractivity (Wildman–Crippen MR) is 188 cm³/mol. The standard InChI is InChI=1S/C37H38FN7O6/c1-20(2)43-12-10-24(11-13-43)50-33-16-22-15-28(41-27(22)17-30(33)44-36(48)29(19-46)42-37(44)49)34(47)25-18-40-45(35(25)39)23-8-9-31(21(3)14-23)51-32-7-5-4-6-26(32)38/h4-9,14-18,20,24,29,41,46H,10-13,19,39H2,1-3H3,(H,42,49). The topological polar surface area (TPSA) is 168 Å². The van der Waals surface area contributed by atoms with Crippen molar-refractivity contribution in [3.05, 3.63) is 89.5 Å². The van der Waals surface area contributed by atoms with Gasteiger partial charge in [-0.05, 0) is 87.7 Å². The number of rotatable bonds is 10. The Bertz CT molecular complexity index is 2150. The van der Waals surface area contributed by atoms with Gasteiger partial charge in [0.2, 0.25) is 5.78 Å². The average molecular weight is 696 g/mol. The number of nitrogens with zero attached hydrogens (tertiary/aromatic N) is 4. The molecule has 264 valence electrons. The van der Waals surface area contributed by atoms with Crippen molar-refractivity contribution in [1.82, 2.24) is 25.0 Å². The van der Waals surface area contributed by atoms with Gasteiger partial charge in [-0.1, -0.05) is 12.1 Å². The van der Waals surface area contributed by atoms with Gasteiger partial charge >= 0.3 is 6.03 Å². The van der Waals surface area contributed by atoms with Gasteiger partial charge in [-0.25, -0.2) is 18.8 Å². The number of amides is 3. The number of ether oxygens (including phenoxy) is 2. The molecule has 4 heterocycles. The number of ketones is 1. The van der Waals surface area contributed by atoms with Gasteiger partial charge in [0.25, 0.3) is 5.91 Å². The SMILES string of the molecule is Cc1cc(-n2ncc(C(=O)c3cc4cc(OC5CCN(C(C)C)CC5)c(N5C(=O)NC(CO)C5=O)cc4[nH]3)c2N)ccc1Oc1ccccc1F. The number of anilines is 2. The molecule has 0 bridgehead atoms. The molecule has 0 radical (unpaired) electrons. The molecule has 0 spiro atoms. The molecule has 0 saturated carbocycles. The fourth-order valence-electron chi connectivity index (χ4n) is 6.52. The van der Waals surface area contributed by atoms with Crippen LogP contribution in [0.15, 0.2) is 66.9 Å². The number of H-pyrrole nitrogens is 1. The first-order valence-corrected chi connectivity index (χ1v) is 16.8. The summed E-state index contributed by atoms with van der Waals surface area (Å²) in [7, 11) is 0. The molecule has 2 saturated heterocycles. The molecule has 13 nitrogen and oxygen atoms in total. The Kier molecular flexibility index (Phi) is 8.95. The van der Waals surface area contributed by atoms with Gasteiger partial charge in [-0.2, -0.15) is 5.10 Å². The number of imide groups is 1. The molecular weight excluding hydrogens is 657 g/mol. The van der Waals surface area contributed by atoms with E-state index in [0.717, 1.165) is 30.8 Å². The Morgan fingerprint density at radius 2 is 1.82 bits per heavy atom. The molecule has 0 aliphatic carbocycles. The van der Waals surface area contributed by atoms with Crippen LogP contribution in [0.25, 0.3) is 16.6 Å². The van der Waals surface area contributed by atoms with Crippen LogP contribution in [0.4, 0.5) is 20.7 Å². The molecule has 5 N–H and O–H groups in total. The summed E-state index contributed by atoms with van der Waals surface area (Å²) in [6.07, 6.45) is 2.75. The van der Waals surface area contributed by atoms with Crippen LogP contribution in [0, 0.1) is 12.7 Å². The maximum Gasteiger partial charge on any atom is 0.329 e. The van der Waals surface area contributed by atoms with E-state index in [4.69, 9.17) is 15.2 Å². The number of aromatic nitrogens is 3. The number of piperidine rings is 1. The van der Waals surface area contributed by atoms with Crippen molar-refractivity contribution in [2.75, 3.05) is 30.3 Å². The lowest BCUT2D eigenvalue weighted by molar-refractivity contribution is -0.119. The van der Waals surface area contributed by atoms with Crippen molar-refractivity contribution in [3.63, 3.8) is 0 Å². The second-order valence-electron chi connectivity index (χ2n) is 13.1. The summed E-state index contributed by atoms with van der Waals surface area (Å²) in [5.74, 6) is -0.542. The van der Waals surface area contributed by atoms with Gasteiger partial charge in [0.1, 0.15) is 29.5 Å². The van der Waals surface area contributed by atoms with E-state index in [-0.39, 0.29) is 34.6 Å². The monoisotopic (exact) mass is 695 g/mol. The number of halogens is 1. The molecule has 1 unspecified atom stereocenters. The van der Waals surface area contributed by atoms with Crippen molar-refractivity contribution in [3.8, 4) is 22.9 Å². The average Bonchev–Trinajstić information content (AvgIpc) is 3.79. The minimum Gasteiger partial charge on any atom is -0.488 e. The molecule has 2 aliphatic heterocycles. The van der Waals surface area contributed by atoms with Crippen molar-refractivity contribution >= 4 is 40.1 Å². The normalized spacial score (nSPS) is 17.1. The number of nitrogens with two attached hydrogens (primary N) is 1. The number of aliphatic hydroxyl groups excluding tert-OH is 1. The molecule has 3 amide bonds. The molecule has 3 aromatic carbocycles. The smallest absolute Gasteiger partial charge is 0.329 e. The lowest BCUT2D eigenvalue weighted by Crippen LogP contribution is -2.42. The highest BCUT2D eigenvalue weighted by atomic mass is 19.1. The number of fused-ring (bicyclic) bond motifs is 1. The number of aryl methyl sites for hydroxylation is 1. The lowest BCUT2D eigenvalue weighted by atomic mass is 10.1. The number of para-hydroxylation sites is 1. The second-order valence-corrected chi connectivity index (χ2v) is 13.1. The van der Waals surface area contributed by atoms with E-state index in [9.17, 15) is 23.9 Å². The zero-order valence-electron chi connectivity index (χ0n) is 28.4. The third kappa shape index (κ3) is 6.39. The van der Waals surface area contributed by atoms with Crippen LogP contribution in [0.3, 0.4) is 0 Å². The highest BCUT2D eigenvalue weighted by Crippen LogP contribution is 2.38. The number of urea groups is 1. The summed E-state index contributed by atoms with van der Waals surface area (Å²) in [4.78, 5) is 46.4. The summed E-state index contributed by atoms with van der Waals surface area (Å²) in [6.45, 7) is 7.25. The Morgan fingerprint density at radius 1 is 1.06 bits per heavy atom. The zero-order valence-corrected chi connectivity index (χ0v) is 28.4.